The van der Waals surface area contributed by atoms with Gasteiger partial charge in [0.05, 0.1) is 47.9 Å². The predicted octanol–water partition coefficient (Wildman–Crippen LogP) is 2.67. The fraction of sp³-hybridized carbons (Fsp3) is 0.742. The first kappa shape index (κ1) is 34.9. The number of β-amino-alcohol motifs (C(OH)–C–C–N with tert-alkyl or cyclic N) is 1. The normalized spacial score (nSPS) is 27.5. The van der Waals surface area contributed by atoms with Crippen molar-refractivity contribution in [1.82, 2.24) is 9.62 Å². The lowest BCUT2D eigenvalue weighted by molar-refractivity contribution is -0.160. The first-order chi connectivity index (χ1) is 19.9. The second kappa shape index (κ2) is 13.6. The molecule has 2 N–H and O–H groups in total. The Labute approximate surface area is 255 Å². The van der Waals surface area contributed by atoms with Gasteiger partial charge in [-0.25, -0.2) is 8.42 Å². The van der Waals surface area contributed by atoms with E-state index in [0.29, 0.717) is 25.9 Å². The van der Waals surface area contributed by atoms with E-state index in [0.717, 1.165) is 0 Å². The average molecular weight is 625 g/mol. The van der Waals surface area contributed by atoms with Crippen molar-refractivity contribution in [1.29, 1.82) is 0 Å². The van der Waals surface area contributed by atoms with Gasteiger partial charge in [0, 0.05) is 19.4 Å². The molecule has 7 atom stereocenters. The second-order valence-corrected chi connectivity index (χ2v) is 15.4. The van der Waals surface area contributed by atoms with Crippen molar-refractivity contribution in [3.63, 3.8) is 0 Å². The molecule has 2 amide bonds. The summed E-state index contributed by atoms with van der Waals surface area (Å²) in [6.07, 6.45) is 3.09. The van der Waals surface area contributed by atoms with Gasteiger partial charge in [0.1, 0.15) is 5.60 Å². The number of ether oxygens (including phenoxy) is 2. The molecule has 0 bridgehead atoms. The molecule has 242 valence electrons. The number of aliphatic hydroxyl groups excluding tert-OH is 1. The lowest BCUT2D eigenvalue weighted by Gasteiger charge is -2.32. The summed E-state index contributed by atoms with van der Waals surface area (Å²) in [5.41, 5.74) is -2.03. The number of amides is 2. The van der Waals surface area contributed by atoms with Gasteiger partial charge >= 0.3 is 5.97 Å². The van der Waals surface area contributed by atoms with E-state index in [1.165, 1.54) is 11.0 Å². The summed E-state index contributed by atoms with van der Waals surface area (Å²) in [4.78, 5) is 55.2. The highest BCUT2D eigenvalue weighted by Crippen LogP contribution is 2.57. The molecule has 43 heavy (non-hydrogen) atoms. The number of carbonyl (C=O) groups is 4. The third kappa shape index (κ3) is 8.98. The van der Waals surface area contributed by atoms with Gasteiger partial charge < -0.3 is 19.5 Å². The molecule has 3 rings (SSSR count). The lowest BCUT2D eigenvalue weighted by atomic mass is 9.85. The van der Waals surface area contributed by atoms with Gasteiger partial charge in [-0.2, -0.15) is 0 Å². The zero-order valence-electron chi connectivity index (χ0n) is 26.0. The van der Waals surface area contributed by atoms with Gasteiger partial charge in [-0.1, -0.05) is 19.1 Å². The van der Waals surface area contributed by atoms with Gasteiger partial charge in [0.25, 0.3) is 0 Å². The van der Waals surface area contributed by atoms with Crippen LogP contribution in [0.3, 0.4) is 0 Å². The highest BCUT2D eigenvalue weighted by molar-refractivity contribution is 7.90. The highest BCUT2D eigenvalue weighted by atomic mass is 32.2. The van der Waals surface area contributed by atoms with Gasteiger partial charge in [-0.3, -0.25) is 23.9 Å². The van der Waals surface area contributed by atoms with Crippen molar-refractivity contribution < 1.29 is 42.2 Å². The number of aliphatic hydroxyl groups is 1. The molecule has 3 aliphatic rings. The first-order valence-corrected chi connectivity index (χ1v) is 16.6. The molecule has 0 aromatic carbocycles. The highest BCUT2D eigenvalue weighted by Gasteiger charge is 2.61. The van der Waals surface area contributed by atoms with E-state index in [1.807, 2.05) is 13.8 Å². The molecular formula is C31H48N2O9S. The molecule has 1 unspecified atom stereocenters. The molecule has 11 nitrogen and oxygen atoms in total. The maximum atomic E-state index is 14.1. The van der Waals surface area contributed by atoms with Crippen LogP contribution in [0.5, 0.6) is 0 Å². The second-order valence-electron chi connectivity index (χ2n) is 13.5. The van der Waals surface area contributed by atoms with E-state index in [4.69, 9.17) is 9.47 Å². The van der Waals surface area contributed by atoms with E-state index >= 15 is 0 Å². The SMILES string of the molecule is C=CCO[C@@H](C)C[C@@H](C)C(CC(=O)OC(C)(C)C)C(=O)N1C[C@H](O)C[C@H]1C(=O)C[C@]1(C(=O)NS(=O)(=O)C2CC2)C[C@H]1C=C. The zero-order valence-corrected chi connectivity index (χ0v) is 26.9. The van der Waals surface area contributed by atoms with Gasteiger partial charge in [-0.05, 0) is 65.2 Å². The molecule has 3 fully saturated rings. The molecule has 1 aliphatic heterocycles. The summed E-state index contributed by atoms with van der Waals surface area (Å²) in [6, 6.07) is -1.03. The van der Waals surface area contributed by atoms with Crippen LogP contribution in [0.15, 0.2) is 25.3 Å². The average Bonchev–Trinajstić information content (AvgIpc) is 3.81. The molecule has 1 heterocycles. The molecule has 0 spiro atoms. The molecule has 0 radical (unpaired) electrons. The molecule has 2 aliphatic carbocycles. The zero-order chi connectivity index (χ0) is 32.3. The molecular weight excluding hydrogens is 576 g/mol. The van der Waals surface area contributed by atoms with Gasteiger partial charge in [-0.15, -0.1) is 13.2 Å². The third-order valence-electron chi connectivity index (χ3n) is 8.51. The number of sulfonamides is 1. The van der Waals surface area contributed by atoms with Crippen LogP contribution in [0, 0.1) is 23.2 Å². The largest absolute Gasteiger partial charge is 0.460 e. The minimum absolute atomic E-state index is 0.0201. The summed E-state index contributed by atoms with van der Waals surface area (Å²) < 4.78 is 38.3. The Morgan fingerprint density at radius 1 is 1.16 bits per heavy atom. The van der Waals surface area contributed by atoms with Crippen LogP contribution in [0.25, 0.3) is 0 Å². The number of ketones is 1. The number of Topliss-reactive ketones (excluding diaryl/α,β-unsaturated/α-hetero) is 1. The minimum atomic E-state index is -3.82. The fourth-order valence-electron chi connectivity index (χ4n) is 5.97. The maximum absolute atomic E-state index is 14.1. The molecule has 0 aromatic rings. The van der Waals surface area contributed by atoms with Crippen LogP contribution in [0.4, 0.5) is 0 Å². The van der Waals surface area contributed by atoms with Crippen LogP contribution in [-0.4, -0.2) is 84.2 Å². The van der Waals surface area contributed by atoms with E-state index in [1.54, 1.807) is 26.8 Å². The van der Waals surface area contributed by atoms with Crippen LogP contribution < -0.4 is 4.72 Å². The number of rotatable bonds is 16. The summed E-state index contributed by atoms with van der Waals surface area (Å²) >= 11 is 0. The number of carbonyl (C=O) groups excluding carboxylic acids is 4. The summed E-state index contributed by atoms with van der Waals surface area (Å²) in [5.74, 6) is -3.79. The standard InChI is InChI=1S/C31H48N2O9S/c1-8-12-41-20(4)13-19(3)24(15-27(36)42-30(5,6)7)28(37)33-18-22(34)14-25(33)26(35)17-31(16-21(31)9-2)29(38)32-43(39,40)23-10-11-23/h8-9,19-25,34H,1-2,10-18H2,3-7H3,(H,32,38)/t19-,20+,21-,22-,24?,25+,31-/m1/s1. The van der Waals surface area contributed by atoms with E-state index in [-0.39, 0.29) is 44.2 Å². The summed E-state index contributed by atoms with van der Waals surface area (Å²) in [6.45, 7) is 16.5. The monoisotopic (exact) mass is 624 g/mol. The van der Waals surface area contributed by atoms with Crippen LogP contribution in [0.1, 0.15) is 79.6 Å². The Kier molecular flexibility index (Phi) is 11.0. The van der Waals surface area contributed by atoms with E-state index in [2.05, 4.69) is 17.9 Å². The Morgan fingerprint density at radius 3 is 2.35 bits per heavy atom. The minimum Gasteiger partial charge on any atom is -0.460 e. The first-order valence-electron chi connectivity index (χ1n) is 15.1. The lowest BCUT2D eigenvalue weighted by Crippen LogP contribution is -2.47. The van der Waals surface area contributed by atoms with E-state index in [9.17, 15) is 32.7 Å². The molecule has 2 saturated carbocycles. The number of nitrogens with zero attached hydrogens (tertiary/aromatic N) is 1. The topological polar surface area (TPSA) is 156 Å². The number of likely N-dealkylation sites (tertiary alicyclic amines) is 1. The van der Waals surface area contributed by atoms with Gasteiger partial charge in [0.2, 0.25) is 21.8 Å². The van der Waals surface area contributed by atoms with Crippen LogP contribution in [-0.2, 0) is 38.7 Å². The van der Waals surface area contributed by atoms with E-state index < -0.39 is 73.8 Å². The Bertz CT molecular complexity index is 1210. The summed E-state index contributed by atoms with van der Waals surface area (Å²) in [7, 11) is -3.82. The van der Waals surface area contributed by atoms with Gasteiger partial charge in [0.15, 0.2) is 5.78 Å². The number of hydrogen-bond donors (Lipinski definition) is 2. The van der Waals surface area contributed by atoms with Crippen molar-refractivity contribution in [3.8, 4) is 0 Å². The summed E-state index contributed by atoms with van der Waals surface area (Å²) in [5, 5.41) is 9.97. The molecule has 0 aromatic heterocycles. The van der Waals surface area contributed by atoms with Crippen molar-refractivity contribution in [2.24, 2.45) is 23.2 Å². The molecule has 12 heteroatoms. The van der Waals surface area contributed by atoms with Crippen molar-refractivity contribution in [2.75, 3.05) is 13.2 Å². The number of esters is 1. The Balaban J connectivity index is 1.81. The third-order valence-corrected chi connectivity index (χ3v) is 10.3. The Morgan fingerprint density at radius 2 is 1.81 bits per heavy atom. The smallest absolute Gasteiger partial charge is 0.307 e. The van der Waals surface area contributed by atoms with Crippen molar-refractivity contribution in [2.45, 2.75) is 109 Å². The molecule has 1 saturated heterocycles. The van der Waals surface area contributed by atoms with Crippen molar-refractivity contribution >= 4 is 33.6 Å². The van der Waals surface area contributed by atoms with Crippen molar-refractivity contribution in [3.05, 3.63) is 25.3 Å². The number of allylic oxidation sites excluding steroid dienone is 1. The fourth-order valence-corrected chi connectivity index (χ4v) is 7.35. The predicted molar refractivity (Wildman–Crippen MR) is 160 cm³/mol. The number of hydrogen-bond acceptors (Lipinski definition) is 9. The quantitative estimate of drug-likeness (QED) is 0.195. The Hall–Kier alpha value is -2.57. The van der Waals surface area contributed by atoms with Crippen LogP contribution in [0.2, 0.25) is 0 Å². The maximum Gasteiger partial charge on any atom is 0.307 e. The number of nitrogens with one attached hydrogen (secondary N) is 1. The van der Waals surface area contributed by atoms with Crippen LogP contribution >= 0.6 is 0 Å².